The van der Waals surface area contributed by atoms with Gasteiger partial charge in [-0.25, -0.2) is 0 Å². The van der Waals surface area contributed by atoms with E-state index >= 15 is 0 Å². The Morgan fingerprint density at radius 1 is 1.15 bits per heavy atom. The number of anilines is 1. The highest BCUT2D eigenvalue weighted by Gasteiger charge is 2.17. The number of carbonyl (C=O) groups excluding carboxylic acids is 1. The molecule has 0 aromatic heterocycles. The first-order valence-electron chi connectivity index (χ1n) is 6.09. The van der Waals surface area contributed by atoms with Crippen molar-refractivity contribution in [2.24, 2.45) is 0 Å². The zero-order chi connectivity index (χ0) is 14.7. The molecule has 3 nitrogen and oxygen atoms in total. The number of benzene rings is 2. The number of rotatable bonds is 3. The first kappa shape index (κ1) is 14.7. The van der Waals surface area contributed by atoms with E-state index in [0.717, 1.165) is 0 Å². The van der Waals surface area contributed by atoms with Gasteiger partial charge in [0.1, 0.15) is 5.75 Å². The fourth-order valence-electron chi connectivity index (χ4n) is 1.89. The van der Waals surface area contributed by atoms with Gasteiger partial charge in [0.25, 0.3) is 5.91 Å². The second-order valence-electron chi connectivity index (χ2n) is 4.20. The van der Waals surface area contributed by atoms with Crippen LogP contribution in [0.3, 0.4) is 0 Å². The van der Waals surface area contributed by atoms with Crippen LogP contribution in [0.5, 0.6) is 5.75 Å². The summed E-state index contributed by atoms with van der Waals surface area (Å²) in [5.41, 5.74) is 1.08. The van der Waals surface area contributed by atoms with Crippen LogP contribution >= 0.6 is 23.2 Å². The number of amides is 1. The summed E-state index contributed by atoms with van der Waals surface area (Å²) in [5.74, 6) is -0.0837. The quantitative estimate of drug-likeness (QED) is 0.914. The van der Waals surface area contributed by atoms with Crippen LogP contribution in [0.25, 0.3) is 0 Å². The molecule has 5 heteroatoms. The molecular weight excluding hydrogens is 297 g/mol. The normalized spacial score (nSPS) is 10.3. The molecule has 2 aromatic carbocycles. The van der Waals surface area contributed by atoms with Gasteiger partial charge in [-0.3, -0.25) is 4.79 Å². The van der Waals surface area contributed by atoms with Crippen LogP contribution in [0.15, 0.2) is 42.5 Å². The molecule has 0 saturated carbocycles. The van der Waals surface area contributed by atoms with Gasteiger partial charge in [-0.1, -0.05) is 29.3 Å². The van der Waals surface area contributed by atoms with Crippen molar-refractivity contribution in [3.8, 4) is 5.75 Å². The fourth-order valence-corrected chi connectivity index (χ4v) is 2.19. The van der Waals surface area contributed by atoms with Gasteiger partial charge in [-0.15, -0.1) is 0 Å². The lowest BCUT2D eigenvalue weighted by molar-refractivity contribution is 0.0988. The standard InChI is InChI=1S/C15H13Cl2NO2/c1-2-18(11-4-3-5-12(19)9-11)15(20)10-6-7-13(16)14(17)8-10/h3-9,19H,2H2,1H3. The number of nitrogens with zero attached hydrogens (tertiary/aromatic N) is 1. The number of carbonyl (C=O) groups is 1. The molecule has 0 aliphatic carbocycles. The lowest BCUT2D eigenvalue weighted by Gasteiger charge is -2.21. The van der Waals surface area contributed by atoms with Crippen LogP contribution in [0.2, 0.25) is 10.0 Å². The van der Waals surface area contributed by atoms with E-state index in [1.165, 1.54) is 6.07 Å². The van der Waals surface area contributed by atoms with Gasteiger partial charge >= 0.3 is 0 Å². The van der Waals surface area contributed by atoms with E-state index < -0.39 is 0 Å². The number of hydrogen-bond donors (Lipinski definition) is 1. The molecule has 104 valence electrons. The summed E-state index contributed by atoms with van der Waals surface area (Å²) < 4.78 is 0. The maximum atomic E-state index is 12.5. The average molecular weight is 310 g/mol. The Bertz CT molecular complexity index is 644. The largest absolute Gasteiger partial charge is 0.508 e. The van der Waals surface area contributed by atoms with Crippen molar-refractivity contribution in [3.05, 3.63) is 58.1 Å². The first-order chi connectivity index (χ1) is 9.52. The molecule has 0 bridgehead atoms. The Kier molecular flexibility index (Phi) is 4.53. The molecule has 0 saturated heterocycles. The number of halogens is 2. The van der Waals surface area contributed by atoms with E-state index in [4.69, 9.17) is 23.2 Å². The van der Waals surface area contributed by atoms with Crippen molar-refractivity contribution in [2.75, 3.05) is 11.4 Å². The fraction of sp³-hybridized carbons (Fsp3) is 0.133. The minimum absolute atomic E-state index is 0.114. The monoisotopic (exact) mass is 309 g/mol. The van der Waals surface area contributed by atoms with Crippen molar-refractivity contribution >= 4 is 34.8 Å². The van der Waals surface area contributed by atoms with Crippen molar-refractivity contribution in [1.82, 2.24) is 0 Å². The van der Waals surface area contributed by atoms with E-state index in [0.29, 0.717) is 27.8 Å². The number of aromatic hydroxyl groups is 1. The topological polar surface area (TPSA) is 40.5 Å². The molecule has 20 heavy (non-hydrogen) atoms. The average Bonchev–Trinajstić information content (AvgIpc) is 2.42. The Morgan fingerprint density at radius 3 is 2.50 bits per heavy atom. The van der Waals surface area contributed by atoms with Crippen LogP contribution in [0.1, 0.15) is 17.3 Å². The predicted octanol–water partition coefficient (Wildman–Crippen LogP) is 4.37. The van der Waals surface area contributed by atoms with E-state index in [1.807, 2.05) is 6.92 Å². The van der Waals surface area contributed by atoms with E-state index in [-0.39, 0.29) is 11.7 Å². The number of phenolic OH excluding ortho intramolecular Hbond substituents is 1. The predicted molar refractivity (Wildman–Crippen MR) is 81.9 cm³/mol. The lowest BCUT2D eigenvalue weighted by atomic mass is 10.1. The van der Waals surface area contributed by atoms with E-state index in [2.05, 4.69) is 0 Å². The van der Waals surface area contributed by atoms with Crippen LogP contribution in [0, 0.1) is 0 Å². The maximum absolute atomic E-state index is 12.5. The summed E-state index contributed by atoms with van der Waals surface area (Å²) in [6, 6.07) is 11.3. The molecule has 0 aliphatic heterocycles. The van der Waals surface area contributed by atoms with Gasteiger partial charge in [-0.2, -0.15) is 0 Å². The number of hydrogen-bond acceptors (Lipinski definition) is 2. The van der Waals surface area contributed by atoms with Crippen LogP contribution in [-0.2, 0) is 0 Å². The Hall–Kier alpha value is -1.71. The van der Waals surface area contributed by atoms with Crippen molar-refractivity contribution in [3.63, 3.8) is 0 Å². The summed E-state index contributed by atoms with van der Waals surface area (Å²) >= 11 is 11.8. The first-order valence-corrected chi connectivity index (χ1v) is 6.84. The van der Waals surface area contributed by atoms with Crippen LogP contribution in [-0.4, -0.2) is 17.6 Å². The maximum Gasteiger partial charge on any atom is 0.258 e. The summed E-state index contributed by atoms with van der Waals surface area (Å²) in [4.78, 5) is 14.0. The minimum Gasteiger partial charge on any atom is -0.508 e. The van der Waals surface area contributed by atoms with Gasteiger partial charge < -0.3 is 10.0 Å². The molecular formula is C15H13Cl2NO2. The molecule has 0 atom stereocenters. The highest BCUT2D eigenvalue weighted by Crippen LogP contribution is 2.26. The van der Waals surface area contributed by atoms with Gasteiger partial charge in [-0.05, 0) is 37.3 Å². The molecule has 0 radical (unpaired) electrons. The SMILES string of the molecule is CCN(C(=O)c1ccc(Cl)c(Cl)c1)c1cccc(O)c1. The summed E-state index contributed by atoms with van der Waals surface area (Å²) in [6.45, 7) is 2.34. The van der Waals surface area contributed by atoms with Crippen molar-refractivity contribution in [2.45, 2.75) is 6.92 Å². The zero-order valence-electron chi connectivity index (χ0n) is 10.8. The van der Waals surface area contributed by atoms with Gasteiger partial charge in [0.05, 0.1) is 10.0 Å². The van der Waals surface area contributed by atoms with E-state index in [9.17, 15) is 9.90 Å². The second-order valence-corrected chi connectivity index (χ2v) is 5.01. The summed E-state index contributed by atoms with van der Waals surface area (Å²) in [6.07, 6.45) is 0. The molecule has 1 N–H and O–H groups in total. The molecule has 2 aromatic rings. The Balaban J connectivity index is 2.36. The second kappa shape index (κ2) is 6.16. The highest BCUT2D eigenvalue weighted by molar-refractivity contribution is 6.42. The molecule has 0 fully saturated rings. The van der Waals surface area contributed by atoms with Gasteiger partial charge in [0.15, 0.2) is 0 Å². The third kappa shape index (κ3) is 3.06. The lowest BCUT2D eigenvalue weighted by Crippen LogP contribution is -2.30. The zero-order valence-corrected chi connectivity index (χ0v) is 12.3. The third-order valence-corrected chi connectivity index (χ3v) is 3.61. The van der Waals surface area contributed by atoms with Crippen molar-refractivity contribution in [1.29, 1.82) is 0 Å². The Labute approximate surface area is 127 Å². The summed E-state index contributed by atoms with van der Waals surface area (Å²) in [7, 11) is 0. The third-order valence-electron chi connectivity index (χ3n) is 2.87. The van der Waals surface area contributed by atoms with Gasteiger partial charge in [0.2, 0.25) is 0 Å². The number of phenols is 1. The molecule has 0 unspecified atom stereocenters. The van der Waals surface area contributed by atoms with Crippen LogP contribution in [0.4, 0.5) is 5.69 Å². The highest BCUT2D eigenvalue weighted by atomic mass is 35.5. The van der Waals surface area contributed by atoms with Gasteiger partial charge in [0, 0.05) is 23.9 Å². The van der Waals surface area contributed by atoms with E-state index in [1.54, 1.807) is 41.3 Å². The molecule has 2 rings (SSSR count). The van der Waals surface area contributed by atoms with Crippen molar-refractivity contribution < 1.29 is 9.90 Å². The van der Waals surface area contributed by atoms with Crippen LogP contribution < -0.4 is 4.90 Å². The molecule has 0 heterocycles. The molecule has 0 aliphatic rings. The Morgan fingerprint density at radius 2 is 1.90 bits per heavy atom. The molecule has 1 amide bonds. The smallest absolute Gasteiger partial charge is 0.258 e. The summed E-state index contributed by atoms with van der Waals surface area (Å²) in [5, 5.41) is 10.3. The minimum atomic E-state index is -0.198. The molecule has 0 spiro atoms.